The van der Waals surface area contributed by atoms with Gasteiger partial charge in [-0.1, -0.05) is 0 Å². The lowest BCUT2D eigenvalue weighted by molar-refractivity contribution is -0.162. The molecule has 1 amide bonds. The molecule has 0 N–H and O–H groups in total. The predicted molar refractivity (Wildman–Crippen MR) is 84.8 cm³/mol. The van der Waals surface area contributed by atoms with Crippen LogP contribution in [0.15, 0.2) is 36.9 Å². The third-order valence-corrected chi connectivity index (χ3v) is 4.34. The largest absolute Gasteiger partial charge is 0.397 e. The number of amides is 1. The highest BCUT2D eigenvalue weighted by atomic mass is 19.4. The number of imidazole rings is 1. The van der Waals surface area contributed by atoms with Crippen LogP contribution in [-0.4, -0.2) is 44.6 Å². The standard InChI is InChI=1S/C17H19F3N4O/c18-17(19,20)10-15(25)23-8-1-2-14(12-23)16-22-7-9-24(16)11-13-3-5-21-6-4-13/h3-7,9,14H,1-2,8,10-12H2/t14-/m1/s1. The summed E-state index contributed by atoms with van der Waals surface area (Å²) in [5.41, 5.74) is 1.06. The van der Waals surface area contributed by atoms with E-state index in [1.165, 1.54) is 4.90 Å². The number of likely N-dealkylation sites (tertiary alicyclic amines) is 1. The first-order valence-corrected chi connectivity index (χ1v) is 8.17. The van der Waals surface area contributed by atoms with Gasteiger partial charge in [0.1, 0.15) is 12.2 Å². The van der Waals surface area contributed by atoms with Crippen molar-refractivity contribution in [3.05, 3.63) is 48.3 Å². The van der Waals surface area contributed by atoms with Gasteiger partial charge in [0.2, 0.25) is 5.91 Å². The fourth-order valence-electron chi connectivity index (χ4n) is 3.20. The molecule has 0 radical (unpaired) electrons. The minimum absolute atomic E-state index is 0.0530. The van der Waals surface area contributed by atoms with Crippen LogP contribution in [0, 0.1) is 0 Å². The number of pyridine rings is 1. The van der Waals surface area contributed by atoms with Gasteiger partial charge in [-0.3, -0.25) is 9.78 Å². The van der Waals surface area contributed by atoms with Crippen LogP contribution in [0.4, 0.5) is 13.2 Å². The fraction of sp³-hybridized carbons (Fsp3) is 0.471. The Morgan fingerprint density at radius 3 is 2.72 bits per heavy atom. The highest BCUT2D eigenvalue weighted by Crippen LogP contribution is 2.28. The molecule has 1 aliphatic heterocycles. The van der Waals surface area contributed by atoms with Crippen molar-refractivity contribution in [3.8, 4) is 0 Å². The SMILES string of the molecule is O=C(CC(F)(F)F)N1CCC[C@@H](c2nccn2Cc2ccncc2)C1. The molecular formula is C17H19F3N4O. The van der Waals surface area contributed by atoms with E-state index in [1.54, 1.807) is 18.6 Å². The maximum atomic E-state index is 12.5. The number of hydrogen-bond acceptors (Lipinski definition) is 3. The topological polar surface area (TPSA) is 51.0 Å². The molecule has 0 aliphatic carbocycles. The molecule has 1 saturated heterocycles. The van der Waals surface area contributed by atoms with Crippen LogP contribution in [0.3, 0.4) is 0 Å². The second kappa shape index (κ2) is 7.25. The van der Waals surface area contributed by atoms with Crippen molar-refractivity contribution in [3.63, 3.8) is 0 Å². The lowest BCUT2D eigenvalue weighted by Gasteiger charge is -2.33. The summed E-state index contributed by atoms with van der Waals surface area (Å²) in [6.07, 6.45) is 2.59. The van der Waals surface area contributed by atoms with Crippen molar-refractivity contribution in [2.24, 2.45) is 0 Å². The van der Waals surface area contributed by atoms with E-state index in [4.69, 9.17) is 0 Å². The number of nitrogens with zero attached hydrogens (tertiary/aromatic N) is 4. The molecule has 1 aliphatic rings. The van der Waals surface area contributed by atoms with Crippen LogP contribution in [0.5, 0.6) is 0 Å². The van der Waals surface area contributed by atoms with Crippen molar-refractivity contribution in [2.75, 3.05) is 13.1 Å². The Kier molecular flexibility index (Phi) is 5.06. The molecule has 1 atom stereocenters. The zero-order valence-corrected chi connectivity index (χ0v) is 13.6. The number of hydrogen-bond donors (Lipinski definition) is 0. The molecular weight excluding hydrogens is 333 g/mol. The molecule has 8 heteroatoms. The molecule has 0 aromatic carbocycles. The molecule has 2 aromatic heterocycles. The number of rotatable bonds is 4. The van der Waals surface area contributed by atoms with E-state index in [2.05, 4.69) is 9.97 Å². The van der Waals surface area contributed by atoms with Gasteiger partial charge in [0.15, 0.2) is 0 Å². The first-order valence-electron chi connectivity index (χ1n) is 8.17. The molecule has 0 unspecified atom stereocenters. The monoisotopic (exact) mass is 352 g/mol. The predicted octanol–water partition coefficient (Wildman–Crippen LogP) is 2.98. The Morgan fingerprint density at radius 2 is 2.00 bits per heavy atom. The third-order valence-electron chi connectivity index (χ3n) is 4.34. The Morgan fingerprint density at radius 1 is 1.24 bits per heavy atom. The molecule has 0 bridgehead atoms. The molecule has 5 nitrogen and oxygen atoms in total. The minimum atomic E-state index is -4.47. The quantitative estimate of drug-likeness (QED) is 0.850. The smallest absolute Gasteiger partial charge is 0.342 e. The van der Waals surface area contributed by atoms with Crippen LogP contribution < -0.4 is 0 Å². The van der Waals surface area contributed by atoms with E-state index < -0.39 is 18.5 Å². The number of halogens is 3. The molecule has 3 rings (SSSR count). The van der Waals surface area contributed by atoms with Gasteiger partial charge in [-0.05, 0) is 30.5 Å². The maximum absolute atomic E-state index is 12.5. The summed E-state index contributed by atoms with van der Waals surface area (Å²) in [5.74, 6) is -0.103. The number of carbonyl (C=O) groups excluding carboxylic acids is 1. The Balaban J connectivity index is 1.70. The normalized spacial score (nSPS) is 18.4. The van der Waals surface area contributed by atoms with Gasteiger partial charge in [0, 0.05) is 50.3 Å². The second-order valence-corrected chi connectivity index (χ2v) is 6.24. The molecule has 134 valence electrons. The average Bonchev–Trinajstić information content (AvgIpc) is 3.02. The van der Waals surface area contributed by atoms with E-state index >= 15 is 0 Å². The summed E-state index contributed by atoms with van der Waals surface area (Å²) < 4.78 is 39.4. The number of carbonyl (C=O) groups is 1. The van der Waals surface area contributed by atoms with Gasteiger partial charge in [0.05, 0.1) is 0 Å². The van der Waals surface area contributed by atoms with Crippen molar-refractivity contribution in [1.29, 1.82) is 0 Å². The summed E-state index contributed by atoms with van der Waals surface area (Å²) in [6, 6.07) is 3.81. The van der Waals surface area contributed by atoms with Gasteiger partial charge in [0.25, 0.3) is 0 Å². The van der Waals surface area contributed by atoms with E-state index in [-0.39, 0.29) is 12.5 Å². The summed E-state index contributed by atoms with van der Waals surface area (Å²) in [5, 5.41) is 0. The second-order valence-electron chi connectivity index (χ2n) is 6.24. The van der Waals surface area contributed by atoms with Crippen LogP contribution in [0.1, 0.15) is 36.6 Å². The number of alkyl halides is 3. The first-order chi connectivity index (χ1) is 11.9. The average molecular weight is 352 g/mol. The van der Waals surface area contributed by atoms with Crippen molar-refractivity contribution >= 4 is 5.91 Å². The molecule has 25 heavy (non-hydrogen) atoms. The Hall–Kier alpha value is -2.38. The van der Waals surface area contributed by atoms with Crippen molar-refractivity contribution in [2.45, 2.75) is 37.9 Å². The van der Waals surface area contributed by atoms with Crippen molar-refractivity contribution < 1.29 is 18.0 Å². The first kappa shape index (κ1) is 17.4. The summed E-state index contributed by atoms with van der Waals surface area (Å²) in [4.78, 5) is 21.6. The lowest BCUT2D eigenvalue weighted by Crippen LogP contribution is -2.41. The lowest BCUT2D eigenvalue weighted by atomic mass is 9.96. The molecule has 1 fully saturated rings. The zero-order chi connectivity index (χ0) is 17.9. The highest BCUT2D eigenvalue weighted by Gasteiger charge is 2.35. The minimum Gasteiger partial charge on any atom is -0.342 e. The van der Waals surface area contributed by atoms with Crippen LogP contribution in [-0.2, 0) is 11.3 Å². The maximum Gasteiger partial charge on any atom is 0.397 e. The van der Waals surface area contributed by atoms with Gasteiger partial charge in [-0.2, -0.15) is 13.2 Å². The molecule has 0 spiro atoms. The number of aromatic nitrogens is 3. The van der Waals surface area contributed by atoms with E-state index in [1.807, 2.05) is 22.9 Å². The summed E-state index contributed by atoms with van der Waals surface area (Å²) in [7, 11) is 0. The van der Waals surface area contributed by atoms with E-state index in [9.17, 15) is 18.0 Å². The van der Waals surface area contributed by atoms with Gasteiger partial charge in [-0.15, -0.1) is 0 Å². The van der Waals surface area contributed by atoms with E-state index in [0.717, 1.165) is 17.8 Å². The summed E-state index contributed by atoms with van der Waals surface area (Å²) >= 11 is 0. The third kappa shape index (κ3) is 4.58. The molecule has 2 aromatic rings. The zero-order valence-electron chi connectivity index (χ0n) is 13.6. The fourth-order valence-corrected chi connectivity index (χ4v) is 3.20. The van der Waals surface area contributed by atoms with Gasteiger partial charge < -0.3 is 9.47 Å². The van der Waals surface area contributed by atoms with Crippen molar-refractivity contribution in [1.82, 2.24) is 19.4 Å². The Bertz CT molecular complexity index is 714. The van der Waals surface area contributed by atoms with Gasteiger partial charge in [-0.25, -0.2) is 4.98 Å². The van der Waals surface area contributed by atoms with Gasteiger partial charge >= 0.3 is 6.18 Å². The molecule has 3 heterocycles. The molecule has 0 saturated carbocycles. The van der Waals surface area contributed by atoms with Crippen LogP contribution in [0.25, 0.3) is 0 Å². The van der Waals surface area contributed by atoms with Crippen LogP contribution in [0.2, 0.25) is 0 Å². The Labute approximate surface area is 143 Å². The van der Waals surface area contributed by atoms with E-state index in [0.29, 0.717) is 19.5 Å². The summed E-state index contributed by atoms with van der Waals surface area (Å²) in [6.45, 7) is 1.27. The highest BCUT2D eigenvalue weighted by molar-refractivity contribution is 5.77. The number of piperidine rings is 1. The van der Waals surface area contributed by atoms with Crippen LogP contribution >= 0.6 is 0 Å².